The summed E-state index contributed by atoms with van der Waals surface area (Å²) in [6, 6.07) is 0.130. The van der Waals surface area contributed by atoms with Crippen LogP contribution in [0.1, 0.15) is 0 Å². The van der Waals surface area contributed by atoms with Crippen LogP contribution in [0.3, 0.4) is 0 Å². The number of hydrogen-bond acceptors (Lipinski definition) is 4. The summed E-state index contributed by atoms with van der Waals surface area (Å²) in [4.78, 5) is 2.20. The zero-order valence-electron chi connectivity index (χ0n) is 7.78. The molecule has 1 atom stereocenters. The smallest absolute Gasteiger partial charge is 0.0644 e. The minimum Gasteiger partial charge on any atom is -0.395 e. The maximum Gasteiger partial charge on any atom is 0.0644 e. The quantitative estimate of drug-likeness (QED) is 0.504. The van der Waals surface area contributed by atoms with Gasteiger partial charge in [-0.3, -0.25) is 4.90 Å². The molecular formula is C9H17NO2S. The van der Waals surface area contributed by atoms with Crippen LogP contribution in [0.4, 0.5) is 0 Å². The molecule has 0 aliphatic carbocycles. The van der Waals surface area contributed by atoms with E-state index in [1.807, 2.05) is 0 Å². The number of ether oxygens (including phenoxy) is 1. The number of thiol groups is 1. The molecule has 0 spiro atoms. The largest absolute Gasteiger partial charge is 0.395 e. The van der Waals surface area contributed by atoms with Gasteiger partial charge in [0.2, 0.25) is 0 Å². The fraction of sp³-hybridized carbons (Fsp3) is 0.778. The third-order valence-corrected chi connectivity index (χ3v) is 2.66. The summed E-state index contributed by atoms with van der Waals surface area (Å²) in [5.74, 6) is 0.704. The van der Waals surface area contributed by atoms with Gasteiger partial charge in [-0.05, 0) is 0 Å². The lowest BCUT2D eigenvalue weighted by atomic mass is 10.2. The van der Waals surface area contributed by atoms with E-state index in [1.165, 1.54) is 0 Å². The van der Waals surface area contributed by atoms with Crippen molar-refractivity contribution < 1.29 is 9.84 Å². The SMILES string of the molecule is C=C(CS)CN1CCOCC1CO. The van der Waals surface area contributed by atoms with E-state index >= 15 is 0 Å². The molecule has 1 rings (SSSR count). The Morgan fingerprint density at radius 3 is 3.08 bits per heavy atom. The van der Waals surface area contributed by atoms with Crippen molar-refractivity contribution in [1.29, 1.82) is 0 Å². The van der Waals surface area contributed by atoms with E-state index in [1.54, 1.807) is 0 Å². The third kappa shape index (κ3) is 3.31. The third-order valence-electron chi connectivity index (χ3n) is 2.21. The van der Waals surface area contributed by atoms with Crippen LogP contribution >= 0.6 is 12.6 Å². The normalized spacial score (nSPS) is 24.6. The van der Waals surface area contributed by atoms with Gasteiger partial charge in [0, 0.05) is 18.8 Å². The average molecular weight is 203 g/mol. The van der Waals surface area contributed by atoms with Gasteiger partial charge < -0.3 is 9.84 Å². The summed E-state index contributed by atoms with van der Waals surface area (Å²) in [5, 5.41) is 9.08. The number of aliphatic hydroxyl groups excluding tert-OH is 1. The number of aliphatic hydroxyl groups is 1. The molecule has 0 amide bonds. The van der Waals surface area contributed by atoms with Crippen LogP contribution in [-0.4, -0.2) is 54.7 Å². The summed E-state index contributed by atoms with van der Waals surface area (Å²) < 4.78 is 5.27. The van der Waals surface area contributed by atoms with E-state index in [4.69, 9.17) is 9.84 Å². The molecule has 76 valence electrons. The van der Waals surface area contributed by atoms with E-state index in [-0.39, 0.29) is 12.6 Å². The van der Waals surface area contributed by atoms with Crippen LogP contribution < -0.4 is 0 Å². The minimum absolute atomic E-state index is 0.130. The second-order valence-corrected chi connectivity index (χ2v) is 3.61. The molecule has 1 heterocycles. The highest BCUT2D eigenvalue weighted by Gasteiger charge is 2.21. The molecule has 0 aromatic heterocycles. The molecule has 1 N–H and O–H groups in total. The summed E-state index contributed by atoms with van der Waals surface area (Å²) in [6.07, 6.45) is 0. The summed E-state index contributed by atoms with van der Waals surface area (Å²) in [6.45, 7) is 7.11. The Bertz CT molecular complexity index is 175. The topological polar surface area (TPSA) is 32.7 Å². The van der Waals surface area contributed by atoms with Crippen molar-refractivity contribution in [3.8, 4) is 0 Å². The van der Waals surface area contributed by atoms with Crippen molar-refractivity contribution in [3.63, 3.8) is 0 Å². The standard InChI is InChI=1S/C9H17NO2S/c1-8(7-13)4-10-2-3-12-6-9(10)5-11/h9,11,13H,1-7H2. The molecule has 1 unspecified atom stereocenters. The lowest BCUT2D eigenvalue weighted by Gasteiger charge is -2.34. The van der Waals surface area contributed by atoms with Gasteiger partial charge >= 0.3 is 0 Å². The fourth-order valence-electron chi connectivity index (χ4n) is 1.40. The average Bonchev–Trinajstić information content (AvgIpc) is 2.18. The molecule has 1 fully saturated rings. The van der Waals surface area contributed by atoms with Crippen molar-refractivity contribution >= 4 is 12.6 Å². The van der Waals surface area contributed by atoms with Crippen LogP contribution in [-0.2, 0) is 4.74 Å². The predicted molar refractivity (Wildman–Crippen MR) is 56.3 cm³/mol. The molecule has 13 heavy (non-hydrogen) atoms. The monoisotopic (exact) mass is 203 g/mol. The Hall–Kier alpha value is -0.0300. The van der Waals surface area contributed by atoms with Crippen molar-refractivity contribution in [2.45, 2.75) is 6.04 Å². The highest BCUT2D eigenvalue weighted by molar-refractivity contribution is 7.80. The molecule has 3 nitrogen and oxygen atoms in total. The Balaban J connectivity index is 2.40. The van der Waals surface area contributed by atoms with Crippen molar-refractivity contribution in [2.24, 2.45) is 0 Å². The molecule has 0 bridgehead atoms. The maximum atomic E-state index is 9.08. The van der Waals surface area contributed by atoms with Crippen LogP contribution in [0.2, 0.25) is 0 Å². The fourth-order valence-corrected chi connectivity index (χ4v) is 1.50. The molecule has 0 saturated carbocycles. The number of rotatable bonds is 4. The van der Waals surface area contributed by atoms with E-state index in [0.717, 1.165) is 25.3 Å². The molecular weight excluding hydrogens is 186 g/mol. The molecule has 0 aromatic rings. The van der Waals surface area contributed by atoms with Gasteiger partial charge in [-0.25, -0.2) is 0 Å². The second-order valence-electron chi connectivity index (χ2n) is 3.29. The lowest BCUT2D eigenvalue weighted by molar-refractivity contribution is -0.0229. The number of nitrogens with zero attached hydrogens (tertiary/aromatic N) is 1. The van der Waals surface area contributed by atoms with Gasteiger partial charge in [0.15, 0.2) is 0 Å². The molecule has 1 aliphatic heterocycles. The Kier molecular flexibility index (Phi) is 4.80. The van der Waals surface area contributed by atoms with Crippen molar-refractivity contribution in [2.75, 3.05) is 38.7 Å². The first-order chi connectivity index (χ1) is 6.27. The highest BCUT2D eigenvalue weighted by Crippen LogP contribution is 2.09. The van der Waals surface area contributed by atoms with Crippen LogP contribution in [0.5, 0.6) is 0 Å². The van der Waals surface area contributed by atoms with Gasteiger partial charge in [0.1, 0.15) is 0 Å². The van der Waals surface area contributed by atoms with E-state index in [0.29, 0.717) is 12.4 Å². The molecule has 1 aliphatic rings. The van der Waals surface area contributed by atoms with E-state index < -0.39 is 0 Å². The van der Waals surface area contributed by atoms with Gasteiger partial charge in [0.05, 0.1) is 25.9 Å². The summed E-state index contributed by atoms with van der Waals surface area (Å²) >= 11 is 4.15. The van der Waals surface area contributed by atoms with Crippen molar-refractivity contribution in [3.05, 3.63) is 12.2 Å². The molecule has 4 heteroatoms. The molecule has 0 aromatic carbocycles. The number of morpholine rings is 1. The minimum atomic E-state index is 0.130. The number of hydrogen-bond donors (Lipinski definition) is 2. The lowest BCUT2D eigenvalue weighted by Crippen LogP contribution is -2.48. The van der Waals surface area contributed by atoms with E-state index in [2.05, 4.69) is 24.1 Å². The molecule has 1 saturated heterocycles. The zero-order chi connectivity index (χ0) is 9.68. The van der Waals surface area contributed by atoms with Gasteiger partial charge in [-0.2, -0.15) is 12.6 Å². The predicted octanol–water partition coefficient (Wildman–Crippen LogP) is 0.166. The zero-order valence-corrected chi connectivity index (χ0v) is 8.67. The van der Waals surface area contributed by atoms with E-state index in [9.17, 15) is 0 Å². The van der Waals surface area contributed by atoms with Crippen LogP contribution in [0.15, 0.2) is 12.2 Å². The van der Waals surface area contributed by atoms with Crippen molar-refractivity contribution in [1.82, 2.24) is 4.90 Å². The van der Waals surface area contributed by atoms with Gasteiger partial charge in [-0.15, -0.1) is 0 Å². The van der Waals surface area contributed by atoms with Crippen LogP contribution in [0.25, 0.3) is 0 Å². The first-order valence-electron chi connectivity index (χ1n) is 4.48. The maximum absolute atomic E-state index is 9.08. The Morgan fingerprint density at radius 1 is 1.69 bits per heavy atom. The van der Waals surface area contributed by atoms with Crippen LogP contribution in [0, 0.1) is 0 Å². The second kappa shape index (κ2) is 5.65. The molecule has 0 radical (unpaired) electrons. The van der Waals surface area contributed by atoms with Gasteiger partial charge in [-0.1, -0.05) is 12.2 Å². The Labute approximate surface area is 84.8 Å². The summed E-state index contributed by atoms with van der Waals surface area (Å²) in [5.41, 5.74) is 1.09. The summed E-state index contributed by atoms with van der Waals surface area (Å²) in [7, 11) is 0. The van der Waals surface area contributed by atoms with Gasteiger partial charge in [0.25, 0.3) is 0 Å². The highest BCUT2D eigenvalue weighted by atomic mass is 32.1. The first kappa shape index (κ1) is 11.0. The Morgan fingerprint density at radius 2 is 2.46 bits per heavy atom. The first-order valence-corrected chi connectivity index (χ1v) is 5.11.